The van der Waals surface area contributed by atoms with Crippen LogP contribution >= 0.6 is 0 Å². The van der Waals surface area contributed by atoms with Crippen LogP contribution in [0.2, 0.25) is 0 Å². The average Bonchev–Trinajstić information content (AvgIpc) is 2.91. The molecule has 122 valence electrons. The Bertz CT molecular complexity index is 805. The molecule has 2 aromatic carbocycles. The van der Waals surface area contributed by atoms with Gasteiger partial charge in [0.2, 0.25) is 0 Å². The number of carbonyl (C=O) groups excluding carboxylic acids is 1. The average molecular weight is 332 g/mol. The van der Waals surface area contributed by atoms with Crippen molar-refractivity contribution in [2.45, 2.75) is 19.3 Å². The third-order valence-corrected chi connectivity index (χ3v) is 6.05. The fourth-order valence-corrected chi connectivity index (χ4v) is 4.77. The van der Waals surface area contributed by atoms with Gasteiger partial charge in [-0.2, -0.15) is 0 Å². The number of hydrogen-bond donors (Lipinski definition) is 0. The van der Waals surface area contributed by atoms with Gasteiger partial charge in [0.1, 0.15) is 0 Å². The van der Waals surface area contributed by atoms with E-state index < -0.39 is 15.8 Å². The Kier molecular flexibility index (Phi) is 4.66. The summed E-state index contributed by atoms with van der Waals surface area (Å²) in [6.45, 7) is 0.332. The van der Waals surface area contributed by atoms with Crippen LogP contribution in [0.15, 0.2) is 42.5 Å². The Morgan fingerprint density at radius 2 is 1.91 bits per heavy atom. The molecular formula is C18H20O4S. The van der Waals surface area contributed by atoms with E-state index in [0.717, 1.165) is 12.8 Å². The van der Waals surface area contributed by atoms with Gasteiger partial charge in [0, 0.05) is 0 Å². The fraction of sp³-hybridized carbons (Fsp3) is 0.389. The topological polar surface area (TPSA) is 60.4 Å². The van der Waals surface area contributed by atoms with Gasteiger partial charge in [-0.15, -0.1) is 0 Å². The van der Waals surface area contributed by atoms with Gasteiger partial charge in [-0.1, -0.05) is 42.5 Å². The first-order valence-corrected chi connectivity index (χ1v) is 9.71. The molecule has 0 N–H and O–H groups in total. The number of ether oxygens (including phenoxy) is 1. The van der Waals surface area contributed by atoms with Crippen molar-refractivity contribution in [3.8, 4) is 0 Å². The van der Waals surface area contributed by atoms with Gasteiger partial charge in [-0.3, -0.25) is 4.79 Å². The highest BCUT2D eigenvalue weighted by atomic mass is 32.2. The minimum atomic E-state index is -3.04. The molecule has 0 amide bonds. The van der Waals surface area contributed by atoms with E-state index in [-0.39, 0.29) is 17.5 Å². The van der Waals surface area contributed by atoms with Gasteiger partial charge in [0.15, 0.2) is 9.84 Å². The van der Waals surface area contributed by atoms with Gasteiger partial charge in [0.05, 0.1) is 24.0 Å². The zero-order chi connectivity index (χ0) is 16.3. The van der Waals surface area contributed by atoms with E-state index >= 15 is 0 Å². The smallest absolute Gasteiger partial charge is 0.309 e. The number of fused-ring (bicyclic) bond motifs is 1. The Morgan fingerprint density at radius 3 is 2.70 bits per heavy atom. The zero-order valence-corrected chi connectivity index (χ0v) is 13.7. The molecule has 0 spiro atoms. The summed E-state index contributed by atoms with van der Waals surface area (Å²) in [6.07, 6.45) is 1.96. The lowest BCUT2D eigenvalue weighted by molar-refractivity contribution is -0.147. The number of esters is 1. The van der Waals surface area contributed by atoms with Crippen molar-refractivity contribution in [2.75, 3.05) is 18.1 Å². The zero-order valence-electron chi connectivity index (χ0n) is 12.9. The lowest BCUT2D eigenvalue weighted by Gasteiger charge is -2.10. The maximum Gasteiger partial charge on any atom is 0.309 e. The van der Waals surface area contributed by atoms with Gasteiger partial charge >= 0.3 is 5.97 Å². The van der Waals surface area contributed by atoms with Crippen molar-refractivity contribution in [3.05, 3.63) is 48.0 Å². The highest BCUT2D eigenvalue weighted by molar-refractivity contribution is 7.91. The van der Waals surface area contributed by atoms with Gasteiger partial charge in [-0.25, -0.2) is 8.42 Å². The molecule has 1 heterocycles. The molecule has 5 heteroatoms. The summed E-state index contributed by atoms with van der Waals surface area (Å²) in [6, 6.07) is 14.4. The summed E-state index contributed by atoms with van der Waals surface area (Å²) in [7, 11) is -3.04. The Balaban J connectivity index is 1.51. The summed E-state index contributed by atoms with van der Waals surface area (Å²) in [5.74, 6) is -0.806. The second-order valence-electron chi connectivity index (χ2n) is 6.01. The third-order valence-electron chi connectivity index (χ3n) is 4.28. The summed E-state index contributed by atoms with van der Waals surface area (Å²) in [5.41, 5.74) is 1.24. The standard InChI is InChI=1S/C18H20O4S/c19-18(16-10-12-23(20,21)13-16)22-11-4-8-15-7-3-6-14-5-1-2-9-17(14)15/h1-3,5-7,9,16H,4,8,10-13H2. The van der Waals surface area contributed by atoms with E-state index in [1.807, 2.05) is 18.2 Å². The lowest BCUT2D eigenvalue weighted by atomic mass is 10.0. The van der Waals surface area contributed by atoms with Gasteiger partial charge in [-0.05, 0) is 35.6 Å². The van der Waals surface area contributed by atoms with Crippen LogP contribution in [-0.2, 0) is 25.8 Å². The fourth-order valence-electron chi connectivity index (χ4n) is 3.04. The molecule has 1 aliphatic rings. The second kappa shape index (κ2) is 6.71. The van der Waals surface area contributed by atoms with Crippen molar-refractivity contribution in [1.29, 1.82) is 0 Å². The van der Waals surface area contributed by atoms with E-state index in [1.165, 1.54) is 16.3 Å². The molecule has 0 radical (unpaired) electrons. The first kappa shape index (κ1) is 16.0. The first-order valence-electron chi connectivity index (χ1n) is 7.89. The first-order chi connectivity index (χ1) is 11.1. The van der Waals surface area contributed by atoms with Crippen molar-refractivity contribution in [2.24, 2.45) is 5.92 Å². The number of benzene rings is 2. The van der Waals surface area contributed by atoms with Crippen LogP contribution < -0.4 is 0 Å². The molecule has 0 aromatic heterocycles. The van der Waals surface area contributed by atoms with Crippen LogP contribution in [0.4, 0.5) is 0 Å². The predicted octanol–water partition coefficient (Wildman–Crippen LogP) is 2.75. The maximum atomic E-state index is 11.9. The largest absolute Gasteiger partial charge is 0.465 e. The highest BCUT2D eigenvalue weighted by Crippen LogP contribution is 2.21. The van der Waals surface area contributed by atoms with Crippen molar-refractivity contribution in [3.63, 3.8) is 0 Å². The van der Waals surface area contributed by atoms with Gasteiger partial charge < -0.3 is 4.74 Å². The van der Waals surface area contributed by atoms with Crippen LogP contribution in [0.25, 0.3) is 10.8 Å². The molecule has 2 aromatic rings. The molecular weight excluding hydrogens is 312 g/mol. The number of rotatable bonds is 5. The quantitative estimate of drug-likeness (QED) is 0.624. The summed E-state index contributed by atoms with van der Waals surface area (Å²) < 4.78 is 28.0. The molecule has 0 saturated carbocycles. The molecule has 0 bridgehead atoms. The summed E-state index contributed by atoms with van der Waals surface area (Å²) >= 11 is 0. The molecule has 1 saturated heterocycles. The maximum absolute atomic E-state index is 11.9. The van der Waals surface area contributed by atoms with Crippen LogP contribution in [0.3, 0.4) is 0 Å². The van der Waals surface area contributed by atoms with Crippen LogP contribution in [-0.4, -0.2) is 32.5 Å². The summed E-state index contributed by atoms with van der Waals surface area (Å²) in [4.78, 5) is 11.9. The molecule has 1 aliphatic heterocycles. The van der Waals surface area contributed by atoms with Crippen LogP contribution in [0, 0.1) is 5.92 Å². The molecule has 1 atom stereocenters. The Labute approximate surface area is 136 Å². The monoisotopic (exact) mass is 332 g/mol. The summed E-state index contributed by atoms with van der Waals surface area (Å²) in [5, 5.41) is 2.43. The van der Waals surface area contributed by atoms with Crippen LogP contribution in [0.5, 0.6) is 0 Å². The molecule has 0 aliphatic carbocycles. The van der Waals surface area contributed by atoms with E-state index in [2.05, 4.69) is 24.3 Å². The molecule has 1 unspecified atom stereocenters. The van der Waals surface area contributed by atoms with Crippen molar-refractivity contribution >= 4 is 26.6 Å². The highest BCUT2D eigenvalue weighted by Gasteiger charge is 2.33. The Hall–Kier alpha value is -1.88. The number of sulfone groups is 1. The number of carbonyl (C=O) groups is 1. The minimum absolute atomic E-state index is 0.0604. The number of aryl methyl sites for hydroxylation is 1. The second-order valence-corrected chi connectivity index (χ2v) is 8.24. The van der Waals surface area contributed by atoms with E-state index in [0.29, 0.717) is 13.0 Å². The minimum Gasteiger partial charge on any atom is -0.465 e. The SMILES string of the molecule is O=C(OCCCc1cccc2ccccc12)C1CCS(=O)(=O)C1. The van der Waals surface area contributed by atoms with E-state index in [1.54, 1.807) is 0 Å². The van der Waals surface area contributed by atoms with E-state index in [9.17, 15) is 13.2 Å². The third kappa shape index (κ3) is 3.91. The molecule has 3 rings (SSSR count). The molecule has 4 nitrogen and oxygen atoms in total. The van der Waals surface area contributed by atoms with Crippen molar-refractivity contribution in [1.82, 2.24) is 0 Å². The Morgan fingerprint density at radius 1 is 1.13 bits per heavy atom. The normalized spacial score (nSPS) is 19.7. The predicted molar refractivity (Wildman–Crippen MR) is 90.0 cm³/mol. The van der Waals surface area contributed by atoms with Crippen molar-refractivity contribution < 1.29 is 17.9 Å². The number of hydrogen-bond acceptors (Lipinski definition) is 4. The van der Waals surface area contributed by atoms with Gasteiger partial charge in [0.25, 0.3) is 0 Å². The van der Waals surface area contributed by atoms with Crippen LogP contribution in [0.1, 0.15) is 18.4 Å². The molecule has 1 fully saturated rings. The van der Waals surface area contributed by atoms with E-state index in [4.69, 9.17) is 4.74 Å². The molecule has 23 heavy (non-hydrogen) atoms. The lowest BCUT2D eigenvalue weighted by Crippen LogP contribution is -2.19.